The van der Waals surface area contributed by atoms with Gasteiger partial charge in [-0.2, -0.15) is 0 Å². The van der Waals surface area contributed by atoms with Gasteiger partial charge >= 0.3 is 0 Å². The van der Waals surface area contributed by atoms with Crippen LogP contribution in [0.3, 0.4) is 0 Å². The van der Waals surface area contributed by atoms with Gasteiger partial charge in [0, 0.05) is 34.8 Å². The lowest BCUT2D eigenvalue weighted by molar-refractivity contribution is -0.125. The average molecular weight is 299 g/mol. The molecule has 2 aromatic heterocycles. The van der Waals surface area contributed by atoms with Gasteiger partial charge in [-0.25, -0.2) is 4.98 Å². The summed E-state index contributed by atoms with van der Waals surface area (Å²) >= 11 is 1.73. The molecule has 0 saturated heterocycles. The van der Waals surface area contributed by atoms with E-state index in [9.17, 15) is 4.79 Å². The van der Waals surface area contributed by atoms with E-state index in [4.69, 9.17) is 4.98 Å². The predicted molar refractivity (Wildman–Crippen MR) is 82.0 cm³/mol. The summed E-state index contributed by atoms with van der Waals surface area (Å²) in [5.74, 6) is 0.367. The van der Waals surface area contributed by atoms with Gasteiger partial charge in [-0.05, 0) is 44.2 Å². The van der Waals surface area contributed by atoms with Crippen LogP contribution in [0.25, 0.3) is 10.6 Å². The van der Waals surface area contributed by atoms with Crippen molar-refractivity contribution in [2.75, 3.05) is 0 Å². The van der Waals surface area contributed by atoms with E-state index in [1.54, 1.807) is 23.7 Å². The Bertz CT molecular complexity index is 663. The lowest BCUT2D eigenvalue weighted by Crippen LogP contribution is -2.35. The highest BCUT2D eigenvalue weighted by molar-refractivity contribution is 7.15. The Morgan fingerprint density at radius 1 is 1.24 bits per heavy atom. The van der Waals surface area contributed by atoms with Gasteiger partial charge in [-0.15, -0.1) is 11.3 Å². The van der Waals surface area contributed by atoms with Crippen LogP contribution in [0.1, 0.15) is 29.8 Å². The van der Waals surface area contributed by atoms with Crippen molar-refractivity contribution in [2.24, 2.45) is 5.92 Å². The monoisotopic (exact) mass is 299 g/mol. The summed E-state index contributed by atoms with van der Waals surface area (Å²) < 4.78 is 0. The Labute approximate surface area is 127 Å². The van der Waals surface area contributed by atoms with Gasteiger partial charge in [0.05, 0.1) is 5.69 Å². The molecule has 4 rings (SSSR count). The van der Waals surface area contributed by atoms with Crippen LogP contribution in [0.4, 0.5) is 0 Å². The number of nitrogens with one attached hydrogen (secondary N) is 1. The summed E-state index contributed by atoms with van der Waals surface area (Å²) in [6.45, 7) is 0. The molecule has 4 nitrogen and oxygen atoms in total. The zero-order valence-electron chi connectivity index (χ0n) is 11.7. The molecule has 0 spiro atoms. The number of aryl methyl sites for hydroxylation is 1. The first-order chi connectivity index (χ1) is 10.3. The summed E-state index contributed by atoms with van der Waals surface area (Å²) in [4.78, 5) is 22.3. The lowest BCUT2D eigenvalue weighted by Gasteiger charge is -2.20. The smallest absolute Gasteiger partial charge is 0.223 e. The molecule has 0 aromatic carbocycles. The molecule has 1 fully saturated rings. The number of carbonyl (C=O) groups excluding carboxylic acids is 1. The molecule has 2 heterocycles. The molecular weight excluding hydrogens is 282 g/mol. The highest BCUT2D eigenvalue weighted by Gasteiger charge is 2.31. The maximum Gasteiger partial charge on any atom is 0.223 e. The second kappa shape index (κ2) is 5.22. The van der Waals surface area contributed by atoms with Crippen molar-refractivity contribution in [1.29, 1.82) is 0 Å². The van der Waals surface area contributed by atoms with E-state index >= 15 is 0 Å². The van der Waals surface area contributed by atoms with E-state index < -0.39 is 0 Å². The number of hydrogen-bond donors (Lipinski definition) is 1. The van der Waals surface area contributed by atoms with Crippen molar-refractivity contribution in [2.45, 2.75) is 38.1 Å². The van der Waals surface area contributed by atoms with Gasteiger partial charge in [0.25, 0.3) is 0 Å². The lowest BCUT2D eigenvalue weighted by atomic mass is 9.90. The van der Waals surface area contributed by atoms with Crippen LogP contribution in [-0.2, 0) is 17.6 Å². The van der Waals surface area contributed by atoms with Crippen LogP contribution in [0.5, 0.6) is 0 Å². The van der Waals surface area contributed by atoms with E-state index in [0.717, 1.165) is 42.7 Å². The van der Waals surface area contributed by atoms with Crippen LogP contribution < -0.4 is 5.32 Å². The minimum atomic E-state index is 0.129. The number of hydrogen-bond acceptors (Lipinski definition) is 4. The molecule has 1 N–H and O–H groups in total. The maximum absolute atomic E-state index is 12.2. The Morgan fingerprint density at radius 3 is 2.81 bits per heavy atom. The first-order valence-corrected chi connectivity index (χ1v) is 8.30. The molecular formula is C16H17N3OS. The van der Waals surface area contributed by atoms with E-state index in [0.29, 0.717) is 6.04 Å². The number of nitrogens with zero attached hydrogens (tertiary/aromatic N) is 2. The molecule has 21 heavy (non-hydrogen) atoms. The first-order valence-electron chi connectivity index (χ1n) is 7.49. The molecule has 108 valence electrons. The molecule has 1 saturated carbocycles. The number of aromatic nitrogens is 2. The highest BCUT2D eigenvalue weighted by atomic mass is 32.1. The van der Waals surface area contributed by atoms with Crippen molar-refractivity contribution in [3.8, 4) is 10.6 Å². The van der Waals surface area contributed by atoms with E-state index in [1.807, 2.05) is 12.1 Å². The fourth-order valence-electron chi connectivity index (χ4n) is 2.76. The first kappa shape index (κ1) is 13.0. The zero-order chi connectivity index (χ0) is 14.2. The second-order valence-corrected chi connectivity index (χ2v) is 6.93. The molecule has 2 aromatic rings. The van der Waals surface area contributed by atoms with E-state index in [2.05, 4.69) is 10.3 Å². The molecule has 1 amide bonds. The van der Waals surface area contributed by atoms with E-state index in [-0.39, 0.29) is 11.8 Å². The quantitative estimate of drug-likeness (QED) is 0.948. The van der Waals surface area contributed by atoms with Crippen molar-refractivity contribution in [3.63, 3.8) is 0 Å². The van der Waals surface area contributed by atoms with Crippen molar-refractivity contribution >= 4 is 17.2 Å². The molecule has 0 aliphatic heterocycles. The average Bonchev–Trinajstić information content (AvgIpc) is 3.23. The van der Waals surface area contributed by atoms with Gasteiger partial charge in [0.15, 0.2) is 0 Å². The predicted octanol–water partition coefficient (Wildman–Crippen LogP) is 2.59. The SMILES string of the molecule is O=C(NC1CC1)C1CCc2nc(-c3ccncc3)sc2C1. The fraction of sp³-hybridized carbons (Fsp3) is 0.438. The summed E-state index contributed by atoms with van der Waals surface area (Å²) in [6, 6.07) is 4.43. The van der Waals surface area contributed by atoms with Gasteiger partial charge in [-0.1, -0.05) is 0 Å². The van der Waals surface area contributed by atoms with Crippen molar-refractivity contribution in [3.05, 3.63) is 35.1 Å². The van der Waals surface area contributed by atoms with Crippen LogP contribution in [0.2, 0.25) is 0 Å². The van der Waals surface area contributed by atoms with Crippen LogP contribution in [0, 0.1) is 5.92 Å². The molecule has 2 aliphatic carbocycles. The number of rotatable bonds is 3. The maximum atomic E-state index is 12.2. The number of amides is 1. The molecule has 0 radical (unpaired) electrons. The Kier molecular flexibility index (Phi) is 3.22. The van der Waals surface area contributed by atoms with E-state index in [1.165, 1.54) is 10.6 Å². The number of carbonyl (C=O) groups is 1. The molecule has 0 bridgehead atoms. The third kappa shape index (κ3) is 2.70. The van der Waals surface area contributed by atoms with Gasteiger partial charge in [0.1, 0.15) is 5.01 Å². The molecule has 1 atom stereocenters. The second-order valence-electron chi connectivity index (χ2n) is 5.85. The number of thiazole rings is 1. The largest absolute Gasteiger partial charge is 0.353 e. The minimum Gasteiger partial charge on any atom is -0.353 e. The number of fused-ring (bicyclic) bond motifs is 1. The summed E-state index contributed by atoms with van der Waals surface area (Å²) in [5.41, 5.74) is 2.30. The van der Waals surface area contributed by atoms with Crippen LogP contribution in [0.15, 0.2) is 24.5 Å². The number of pyridine rings is 1. The summed E-state index contributed by atoms with van der Waals surface area (Å²) in [7, 11) is 0. The zero-order valence-corrected chi connectivity index (χ0v) is 12.5. The van der Waals surface area contributed by atoms with Crippen molar-refractivity contribution < 1.29 is 4.79 Å². The summed E-state index contributed by atoms with van der Waals surface area (Å²) in [6.07, 6.45) is 8.57. The van der Waals surface area contributed by atoms with Crippen LogP contribution >= 0.6 is 11.3 Å². The van der Waals surface area contributed by atoms with Gasteiger partial charge in [-0.3, -0.25) is 9.78 Å². The van der Waals surface area contributed by atoms with Crippen LogP contribution in [-0.4, -0.2) is 21.9 Å². The molecule has 2 aliphatic rings. The minimum absolute atomic E-state index is 0.129. The molecule has 1 unspecified atom stereocenters. The summed E-state index contributed by atoms with van der Waals surface area (Å²) in [5, 5.41) is 4.18. The molecule has 5 heteroatoms. The van der Waals surface area contributed by atoms with Gasteiger partial charge < -0.3 is 5.32 Å². The fourth-order valence-corrected chi connectivity index (χ4v) is 3.96. The highest BCUT2D eigenvalue weighted by Crippen LogP contribution is 2.34. The standard InChI is InChI=1S/C16H17N3OS/c20-15(18-12-2-3-12)11-1-4-13-14(9-11)21-16(19-13)10-5-7-17-8-6-10/h5-8,11-12H,1-4,9H2,(H,18,20). The van der Waals surface area contributed by atoms with Crippen molar-refractivity contribution in [1.82, 2.24) is 15.3 Å². The Balaban J connectivity index is 1.52. The third-order valence-corrected chi connectivity index (χ3v) is 5.33. The Hall–Kier alpha value is -1.75. The normalized spacial score (nSPS) is 20.9. The third-order valence-electron chi connectivity index (χ3n) is 4.16. The Morgan fingerprint density at radius 2 is 2.05 bits per heavy atom. The van der Waals surface area contributed by atoms with Gasteiger partial charge in [0.2, 0.25) is 5.91 Å². The topological polar surface area (TPSA) is 54.9 Å².